The summed E-state index contributed by atoms with van der Waals surface area (Å²) >= 11 is 1.42. The Kier molecular flexibility index (Phi) is 4.83. The molecule has 21 heavy (non-hydrogen) atoms. The van der Waals surface area contributed by atoms with Crippen LogP contribution in [0, 0.1) is 20.8 Å². The average Bonchev–Trinajstić information content (AvgIpc) is 2.85. The first-order chi connectivity index (χ1) is 9.81. The van der Waals surface area contributed by atoms with Gasteiger partial charge >= 0.3 is 0 Å². The van der Waals surface area contributed by atoms with Crippen LogP contribution in [0.4, 0.5) is 0 Å². The van der Waals surface area contributed by atoms with Crippen LogP contribution in [0.1, 0.15) is 27.7 Å². The van der Waals surface area contributed by atoms with Gasteiger partial charge in [-0.3, -0.25) is 0 Å². The van der Waals surface area contributed by atoms with Crippen LogP contribution in [0.2, 0.25) is 0 Å². The zero-order valence-corrected chi connectivity index (χ0v) is 13.9. The molecule has 0 fully saturated rings. The van der Waals surface area contributed by atoms with Gasteiger partial charge in [0.2, 0.25) is 10.0 Å². The van der Waals surface area contributed by atoms with Gasteiger partial charge < -0.3 is 5.11 Å². The normalized spacial score (nSPS) is 13.3. The molecule has 2 aromatic rings. The molecule has 1 atom stereocenters. The number of sulfonamides is 1. The number of thiophene rings is 1. The SMILES string of the molecule is Cc1ccc(C)c(S(=O)(=O)NCC(O)c2sccc2C)c1. The molecule has 0 amide bonds. The van der Waals surface area contributed by atoms with E-state index in [9.17, 15) is 13.5 Å². The van der Waals surface area contributed by atoms with Gasteiger partial charge in [0.15, 0.2) is 0 Å². The summed E-state index contributed by atoms with van der Waals surface area (Å²) in [5, 5.41) is 12.0. The molecule has 0 aliphatic heterocycles. The molecule has 0 bridgehead atoms. The molecule has 1 aromatic heterocycles. The van der Waals surface area contributed by atoms with E-state index in [0.29, 0.717) is 5.56 Å². The fraction of sp³-hybridized carbons (Fsp3) is 0.333. The first-order valence-corrected chi connectivity index (χ1v) is 8.96. The van der Waals surface area contributed by atoms with E-state index in [0.717, 1.165) is 16.0 Å². The second-order valence-corrected chi connectivity index (χ2v) is 7.79. The van der Waals surface area contributed by atoms with Crippen molar-refractivity contribution in [2.24, 2.45) is 0 Å². The molecule has 6 heteroatoms. The van der Waals surface area contributed by atoms with Crippen LogP contribution < -0.4 is 4.72 Å². The van der Waals surface area contributed by atoms with Gasteiger partial charge in [-0.25, -0.2) is 13.1 Å². The van der Waals surface area contributed by atoms with Crippen molar-refractivity contribution in [3.8, 4) is 0 Å². The second kappa shape index (κ2) is 6.27. The Morgan fingerprint density at radius 1 is 1.19 bits per heavy atom. The monoisotopic (exact) mass is 325 g/mol. The van der Waals surface area contributed by atoms with Crippen LogP contribution in [0.5, 0.6) is 0 Å². The molecular formula is C15H19NO3S2. The van der Waals surface area contributed by atoms with E-state index in [1.54, 1.807) is 19.1 Å². The predicted molar refractivity (Wildman–Crippen MR) is 85.1 cm³/mol. The van der Waals surface area contributed by atoms with E-state index < -0.39 is 16.1 Å². The van der Waals surface area contributed by atoms with Crippen molar-refractivity contribution in [3.63, 3.8) is 0 Å². The van der Waals surface area contributed by atoms with E-state index in [-0.39, 0.29) is 11.4 Å². The average molecular weight is 325 g/mol. The Bertz CT molecular complexity index is 735. The number of aliphatic hydroxyl groups is 1. The minimum atomic E-state index is -3.62. The summed E-state index contributed by atoms with van der Waals surface area (Å²) in [6, 6.07) is 7.20. The molecule has 2 rings (SSSR count). The number of nitrogens with one attached hydrogen (secondary N) is 1. The topological polar surface area (TPSA) is 66.4 Å². The van der Waals surface area contributed by atoms with Crippen molar-refractivity contribution in [3.05, 3.63) is 51.2 Å². The van der Waals surface area contributed by atoms with Crippen molar-refractivity contribution in [1.29, 1.82) is 0 Å². The van der Waals surface area contributed by atoms with Crippen molar-refractivity contribution in [2.75, 3.05) is 6.54 Å². The standard InChI is InChI=1S/C15H19NO3S2/c1-10-4-5-11(2)14(8-10)21(18,19)16-9-13(17)15-12(3)6-7-20-15/h4-8,13,16-17H,9H2,1-3H3. The predicted octanol–water partition coefficient (Wildman–Crippen LogP) is 2.69. The molecule has 0 radical (unpaired) electrons. The van der Waals surface area contributed by atoms with E-state index in [2.05, 4.69) is 4.72 Å². The highest BCUT2D eigenvalue weighted by atomic mass is 32.2. The van der Waals surface area contributed by atoms with Crippen LogP contribution in [0.3, 0.4) is 0 Å². The van der Waals surface area contributed by atoms with Gasteiger partial charge in [0.05, 0.1) is 4.90 Å². The molecule has 0 saturated heterocycles. The van der Waals surface area contributed by atoms with Crippen LogP contribution >= 0.6 is 11.3 Å². The maximum Gasteiger partial charge on any atom is 0.240 e. The number of aliphatic hydroxyl groups excluding tert-OH is 1. The van der Waals surface area contributed by atoms with Gasteiger partial charge in [-0.15, -0.1) is 11.3 Å². The fourth-order valence-corrected chi connectivity index (χ4v) is 4.36. The van der Waals surface area contributed by atoms with E-state index in [1.165, 1.54) is 11.3 Å². The second-order valence-electron chi connectivity index (χ2n) is 5.10. The Labute approximate surface area is 129 Å². The lowest BCUT2D eigenvalue weighted by atomic mass is 10.2. The third-order valence-electron chi connectivity index (χ3n) is 3.30. The minimum absolute atomic E-state index is 0.0307. The summed E-state index contributed by atoms with van der Waals surface area (Å²) in [5.41, 5.74) is 2.55. The number of aryl methyl sites for hydroxylation is 3. The first kappa shape index (κ1) is 16.2. The summed E-state index contributed by atoms with van der Waals surface area (Å²) in [6.07, 6.45) is -0.829. The number of hydrogen-bond donors (Lipinski definition) is 2. The zero-order chi connectivity index (χ0) is 15.6. The number of rotatable bonds is 5. The lowest BCUT2D eigenvalue weighted by Gasteiger charge is -2.13. The van der Waals surface area contributed by atoms with E-state index in [1.807, 2.05) is 31.4 Å². The van der Waals surface area contributed by atoms with Gasteiger partial charge in [0.1, 0.15) is 6.10 Å². The summed E-state index contributed by atoms with van der Waals surface area (Å²) < 4.78 is 27.2. The van der Waals surface area contributed by atoms with Crippen molar-refractivity contribution in [1.82, 2.24) is 4.72 Å². The first-order valence-electron chi connectivity index (χ1n) is 6.60. The molecule has 1 aromatic carbocycles. The Morgan fingerprint density at radius 3 is 2.52 bits per heavy atom. The molecule has 0 aliphatic carbocycles. The van der Waals surface area contributed by atoms with Crippen molar-refractivity contribution in [2.45, 2.75) is 31.8 Å². The molecule has 4 nitrogen and oxygen atoms in total. The van der Waals surface area contributed by atoms with E-state index >= 15 is 0 Å². The van der Waals surface area contributed by atoms with Crippen LogP contribution in [-0.2, 0) is 10.0 Å². The molecule has 0 spiro atoms. The summed E-state index contributed by atoms with van der Waals surface area (Å²) in [7, 11) is -3.62. The highest BCUT2D eigenvalue weighted by molar-refractivity contribution is 7.89. The van der Waals surface area contributed by atoms with Gasteiger partial charge in [-0.1, -0.05) is 12.1 Å². The third-order valence-corrected chi connectivity index (χ3v) is 5.99. The molecule has 114 valence electrons. The lowest BCUT2D eigenvalue weighted by Crippen LogP contribution is -2.29. The smallest absolute Gasteiger partial charge is 0.240 e. The summed E-state index contributed by atoms with van der Waals surface area (Å²) in [4.78, 5) is 1.05. The number of hydrogen-bond acceptors (Lipinski definition) is 4. The molecule has 2 N–H and O–H groups in total. The maximum atomic E-state index is 12.3. The highest BCUT2D eigenvalue weighted by Crippen LogP contribution is 2.24. The maximum absolute atomic E-state index is 12.3. The van der Waals surface area contributed by atoms with Crippen molar-refractivity contribution < 1.29 is 13.5 Å². The molecular weight excluding hydrogens is 306 g/mol. The highest BCUT2D eigenvalue weighted by Gasteiger charge is 2.20. The van der Waals surface area contributed by atoms with Gasteiger partial charge in [0, 0.05) is 11.4 Å². The molecule has 1 heterocycles. The quantitative estimate of drug-likeness (QED) is 0.888. The number of benzene rings is 1. The fourth-order valence-electron chi connectivity index (χ4n) is 2.08. The summed E-state index contributed by atoms with van der Waals surface area (Å²) in [6.45, 7) is 5.47. The Morgan fingerprint density at radius 2 is 1.90 bits per heavy atom. The van der Waals surface area contributed by atoms with Crippen molar-refractivity contribution >= 4 is 21.4 Å². The Balaban J connectivity index is 2.15. The lowest BCUT2D eigenvalue weighted by molar-refractivity contribution is 0.185. The minimum Gasteiger partial charge on any atom is -0.386 e. The third kappa shape index (κ3) is 3.71. The van der Waals surface area contributed by atoms with Gasteiger partial charge in [0.25, 0.3) is 0 Å². The van der Waals surface area contributed by atoms with Gasteiger partial charge in [-0.05, 0) is 55.0 Å². The van der Waals surface area contributed by atoms with Crippen LogP contribution in [0.25, 0.3) is 0 Å². The van der Waals surface area contributed by atoms with Crippen LogP contribution in [-0.4, -0.2) is 20.1 Å². The summed E-state index contributed by atoms with van der Waals surface area (Å²) in [5.74, 6) is 0. The Hall–Kier alpha value is -1.21. The molecule has 0 aliphatic rings. The van der Waals surface area contributed by atoms with Gasteiger partial charge in [-0.2, -0.15) is 0 Å². The molecule has 0 saturated carbocycles. The largest absolute Gasteiger partial charge is 0.386 e. The van der Waals surface area contributed by atoms with E-state index in [4.69, 9.17) is 0 Å². The van der Waals surface area contributed by atoms with Crippen LogP contribution in [0.15, 0.2) is 34.5 Å². The molecule has 1 unspecified atom stereocenters. The zero-order valence-electron chi connectivity index (χ0n) is 12.3.